The zero-order valence-corrected chi connectivity index (χ0v) is 16.6. The third-order valence-electron chi connectivity index (χ3n) is 4.35. The molecule has 4 heteroatoms. The van der Waals surface area contributed by atoms with Crippen LogP contribution in [0.4, 0.5) is 11.4 Å². The van der Waals surface area contributed by atoms with Gasteiger partial charge in [-0.05, 0) is 61.1 Å². The van der Waals surface area contributed by atoms with Gasteiger partial charge in [0, 0.05) is 42.0 Å². The predicted molar refractivity (Wildman–Crippen MR) is 115 cm³/mol. The second-order valence-corrected chi connectivity index (χ2v) is 6.55. The van der Waals surface area contributed by atoms with Crippen LogP contribution < -0.4 is 4.90 Å². The number of non-ortho nitro benzene ring substituents is 1. The SMILES string of the molecule is CCCCN(CCCC)c1ccc(C#CC#Cc2ccc([N+](=O)[O-])cc2)cc1. The molecule has 0 radical (unpaired) electrons. The zero-order valence-electron chi connectivity index (χ0n) is 16.6. The van der Waals surface area contributed by atoms with Crippen LogP contribution >= 0.6 is 0 Å². The topological polar surface area (TPSA) is 46.4 Å². The number of hydrogen-bond acceptors (Lipinski definition) is 3. The number of nitrogens with zero attached hydrogens (tertiary/aromatic N) is 2. The molecule has 0 bridgehead atoms. The first-order chi connectivity index (χ1) is 13.6. The fraction of sp³-hybridized carbons (Fsp3) is 0.333. The molecule has 2 rings (SSSR count). The second-order valence-electron chi connectivity index (χ2n) is 6.55. The highest BCUT2D eigenvalue weighted by Crippen LogP contribution is 2.17. The lowest BCUT2D eigenvalue weighted by Gasteiger charge is -2.24. The Morgan fingerprint density at radius 2 is 1.29 bits per heavy atom. The van der Waals surface area contributed by atoms with Crippen molar-refractivity contribution in [3.8, 4) is 23.7 Å². The van der Waals surface area contributed by atoms with Gasteiger partial charge in [-0.1, -0.05) is 38.5 Å². The Hall–Kier alpha value is -3.24. The van der Waals surface area contributed by atoms with Crippen molar-refractivity contribution in [2.75, 3.05) is 18.0 Å². The smallest absolute Gasteiger partial charge is 0.269 e. The summed E-state index contributed by atoms with van der Waals surface area (Å²) < 4.78 is 0. The van der Waals surface area contributed by atoms with Crippen molar-refractivity contribution in [1.82, 2.24) is 0 Å². The van der Waals surface area contributed by atoms with Crippen LogP contribution in [-0.4, -0.2) is 18.0 Å². The molecule has 144 valence electrons. The molecule has 0 heterocycles. The fourth-order valence-electron chi connectivity index (χ4n) is 2.70. The van der Waals surface area contributed by atoms with E-state index in [-0.39, 0.29) is 5.69 Å². The molecule has 0 spiro atoms. The Morgan fingerprint density at radius 1 is 0.821 bits per heavy atom. The molecule has 0 aliphatic carbocycles. The minimum atomic E-state index is -0.424. The summed E-state index contributed by atoms with van der Waals surface area (Å²) in [5.41, 5.74) is 2.93. The van der Waals surface area contributed by atoms with E-state index < -0.39 is 4.92 Å². The Labute approximate surface area is 167 Å². The molecule has 28 heavy (non-hydrogen) atoms. The Balaban J connectivity index is 2.01. The van der Waals surface area contributed by atoms with Gasteiger partial charge in [0.1, 0.15) is 0 Å². The highest BCUT2D eigenvalue weighted by Gasteiger charge is 2.05. The molecule has 4 nitrogen and oxygen atoms in total. The third-order valence-corrected chi connectivity index (χ3v) is 4.35. The van der Waals surface area contributed by atoms with E-state index >= 15 is 0 Å². The van der Waals surface area contributed by atoms with E-state index in [4.69, 9.17) is 0 Å². The van der Waals surface area contributed by atoms with Gasteiger partial charge in [-0.3, -0.25) is 10.1 Å². The monoisotopic (exact) mass is 374 g/mol. The van der Waals surface area contributed by atoms with Gasteiger partial charge in [-0.2, -0.15) is 0 Å². The van der Waals surface area contributed by atoms with E-state index in [1.54, 1.807) is 12.1 Å². The molecule has 0 atom stereocenters. The first-order valence-electron chi connectivity index (χ1n) is 9.75. The molecular formula is C24H26N2O2. The molecule has 0 unspecified atom stereocenters. The van der Waals surface area contributed by atoms with E-state index in [1.807, 2.05) is 12.1 Å². The van der Waals surface area contributed by atoms with Crippen LogP contribution in [0.2, 0.25) is 0 Å². The lowest BCUT2D eigenvalue weighted by atomic mass is 10.1. The van der Waals surface area contributed by atoms with Gasteiger partial charge in [-0.25, -0.2) is 0 Å². The minimum absolute atomic E-state index is 0.0589. The van der Waals surface area contributed by atoms with Crippen molar-refractivity contribution in [3.05, 3.63) is 69.8 Å². The molecule has 0 aliphatic rings. The minimum Gasteiger partial charge on any atom is -0.372 e. The van der Waals surface area contributed by atoms with Gasteiger partial charge in [-0.15, -0.1) is 0 Å². The fourth-order valence-corrected chi connectivity index (χ4v) is 2.70. The van der Waals surface area contributed by atoms with E-state index in [0.717, 1.165) is 18.7 Å². The standard InChI is InChI=1S/C24H26N2O2/c1-3-5-19-25(20-6-4-2)23-15-11-21(12-16-23)9-7-8-10-22-13-17-24(18-14-22)26(27)28/h11-18H,3-6,19-20H2,1-2H3. The van der Waals surface area contributed by atoms with Crippen molar-refractivity contribution in [3.63, 3.8) is 0 Å². The maximum Gasteiger partial charge on any atom is 0.269 e. The van der Waals surface area contributed by atoms with E-state index in [1.165, 1.54) is 43.5 Å². The number of benzene rings is 2. The predicted octanol–water partition coefficient (Wildman–Crippen LogP) is 5.40. The van der Waals surface area contributed by atoms with Crippen LogP contribution in [0.1, 0.15) is 50.7 Å². The molecule has 2 aromatic carbocycles. The number of hydrogen-bond donors (Lipinski definition) is 0. The lowest BCUT2D eigenvalue weighted by molar-refractivity contribution is -0.384. The van der Waals surface area contributed by atoms with Crippen LogP contribution in [-0.2, 0) is 0 Å². The summed E-state index contributed by atoms with van der Waals surface area (Å²) in [6.07, 6.45) is 4.78. The molecule has 0 saturated carbocycles. The Bertz CT molecular complexity index is 871. The van der Waals surface area contributed by atoms with Crippen molar-refractivity contribution < 1.29 is 4.92 Å². The van der Waals surface area contributed by atoms with Crippen molar-refractivity contribution in [2.45, 2.75) is 39.5 Å². The van der Waals surface area contributed by atoms with Gasteiger partial charge in [0.2, 0.25) is 0 Å². The summed E-state index contributed by atoms with van der Waals surface area (Å²) in [6.45, 7) is 6.60. The summed E-state index contributed by atoms with van der Waals surface area (Å²) in [5, 5.41) is 10.6. The molecular weight excluding hydrogens is 348 g/mol. The van der Waals surface area contributed by atoms with Crippen LogP contribution in [0, 0.1) is 33.8 Å². The lowest BCUT2D eigenvalue weighted by Crippen LogP contribution is -2.25. The summed E-state index contributed by atoms with van der Waals surface area (Å²) in [7, 11) is 0. The first kappa shape index (κ1) is 21.1. The van der Waals surface area contributed by atoms with Gasteiger partial charge in [0.05, 0.1) is 4.92 Å². The maximum atomic E-state index is 10.6. The Kier molecular flexibility index (Phi) is 8.63. The van der Waals surface area contributed by atoms with Crippen molar-refractivity contribution in [1.29, 1.82) is 0 Å². The van der Waals surface area contributed by atoms with Gasteiger partial charge in [0.25, 0.3) is 5.69 Å². The highest BCUT2D eigenvalue weighted by atomic mass is 16.6. The highest BCUT2D eigenvalue weighted by molar-refractivity contribution is 5.52. The number of nitro benzene ring substituents is 1. The molecule has 2 aromatic rings. The molecule has 0 N–H and O–H groups in total. The van der Waals surface area contributed by atoms with Gasteiger partial charge in [0.15, 0.2) is 0 Å². The van der Waals surface area contributed by atoms with E-state index in [0.29, 0.717) is 5.56 Å². The second kappa shape index (κ2) is 11.5. The molecule has 0 amide bonds. The molecule has 0 aromatic heterocycles. The number of nitro groups is 1. The Morgan fingerprint density at radius 3 is 1.71 bits per heavy atom. The summed E-state index contributed by atoms with van der Waals surface area (Å²) in [6, 6.07) is 14.4. The number of anilines is 1. The quantitative estimate of drug-likeness (QED) is 0.353. The van der Waals surface area contributed by atoms with Crippen LogP contribution in [0.25, 0.3) is 0 Å². The van der Waals surface area contributed by atoms with Crippen LogP contribution in [0.5, 0.6) is 0 Å². The molecule has 0 fully saturated rings. The van der Waals surface area contributed by atoms with E-state index in [9.17, 15) is 10.1 Å². The maximum absolute atomic E-state index is 10.6. The van der Waals surface area contributed by atoms with Crippen molar-refractivity contribution in [2.24, 2.45) is 0 Å². The summed E-state index contributed by atoms with van der Waals surface area (Å²) in [5.74, 6) is 11.6. The number of rotatable bonds is 8. The summed E-state index contributed by atoms with van der Waals surface area (Å²) in [4.78, 5) is 12.7. The van der Waals surface area contributed by atoms with E-state index in [2.05, 4.69) is 54.6 Å². The van der Waals surface area contributed by atoms with Crippen molar-refractivity contribution >= 4 is 11.4 Å². The summed E-state index contributed by atoms with van der Waals surface area (Å²) >= 11 is 0. The zero-order chi connectivity index (χ0) is 20.2. The third kappa shape index (κ3) is 6.82. The average molecular weight is 374 g/mol. The van der Waals surface area contributed by atoms with Crippen LogP contribution in [0.3, 0.4) is 0 Å². The van der Waals surface area contributed by atoms with Gasteiger partial charge >= 0.3 is 0 Å². The average Bonchev–Trinajstić information content (AvgIpc) is 2.72. The molecule has 0 saturated heterocycles. The number of unbranched alkanes of at least 4 members (excludes halogenated alkanes) is 2. The van der Waals surface area contributed by atoms with Gasteiger partial charge < -0.3 is 4.90 Å². The molecule has 0 aliphatic heterocycles. The largest absolute Gasteiger partial charge is 0.372 e. The van der Waals surface area contributed by atoms with Crippen LogP contribution in [0.15, 0.2) is 48.5 Å². The normalized spacial score (nSPS) is 9.64. The first-order valence-corrected chi connectivity index (χ1v) is 9.75.